The van der Waals surface area contributed by atoms with Gasteiger partial charge >= 0.3 is 6.09 Å². The number of benzene rings is 1. The highest BCUT2D eigenvalue weighted by Gasteiger charge is 2.64. The summed E-state index contributed by atoms with van der Waals surface area (Å²) in [5, 5.41) is 6.30. The number of aromatic nitrogens is 1. The van der Waals surface area contributed by atoms with Crippen molar-refractivity contribution in [2.24, 2.45) is 5.92 Å². The lowest BCUT2D eigenvalue weighted by atomic mass is 9.87. The average molecular weight is 768 g/mol. The number of rotatable bonds is 4. The van der Waals surface area contributed by atoms with E-state index in [2.05, 4.69) is 20.3 Å². The Morgan fingerprint density at radius 2 is 1.87 bits per heavy atom. The van der Waals surface area contributed by atoms with Gasteiger partial charge in [-0.1, -0.05) is 37.1 Å². The van der Waals surface area contributed by atoms with Crippen LogP contribution in [0.2, 0.25) is 0 Å². The number of amides is 4. The van der Waals surface area contributed by atoms with E-state index in [0.717, 1.165) is 18.4 Å². The van der Waals surface area contributed by atoms with Crippen LogP contribution in [0, 0.1) is 18.7 Å². The molecule has 13 nitrogen and oxygen atoms in total. The number of carbonyl (C=O) groups is 4. The van der Waals surface area contributed by atoms with E-state index >= 15 is 0 Å². The lowest BCUT2D eigenvalue weighted by Gasteiger charge is -2.36. The second-order valence-corrected chi connectivity index (χ2v) is 19.2. The zero-order valence-electron chi connectivity index (χ0n) is 31.6. The highest BCUT2D eigenvalue weighted by molar-refractivity contribution is 7.91. The summed E-state index contributed by atoms with van der Waals surface area (Å²) in [7, 11) is -4.00. The van der Waals surface area contributed by atoms with Crippen LogP contribution >= 0.6 is 0 Å². The molecule has 5 atom stereocenters. The number of carbonyl (C=O) groups excluding carboxylic acids is 4. The van der Waals surface area contributed by atoms with Crippen LogP contribution in [0.4, 0.5) is 9.18 Å². The van der Waals surface area contributed by atoms with E-state index in [4.69, 9.17) is 9.47 Å². The minimum atomic E-state index is -4.00. The molecule has 15 heteroatoms. The van der Waals surface area contributed by atoms with Gasteiger partial charge in [0, 0.05) is 23.3 Å². The topological polar surface area (TPSA) is 173 Å². The Bertz CT molecular complexity index is 2050. The summed E-state index contributed by atoms with van der Waals surface area (Å²) in [4.78, 5) is 62.1. The van der Waals surface area contributed by atoms with Crippen molar-refractivity contribution in [3.63, 3.8) is 0 Å². The van der Waals surface area contributed by atoms with Crippen molar-refractivity contribution in [1.82, 2.24) is 25.2 Å². The molecule has 3 fully saturated rings. The van der Waals surface area contributed by atoms with E-state index in [9.17, 15) is 32.0 Å². The van der Waals surface area contributed by atoms with Gasteiger partial charge in [-0.25, -0.2) is 22.6 Å². The van der Waals surface area contributed by atoms with E-state index in [1.54, 1.807) is 46.8 Å². The summed E-state index contributed by atoms with van der Waals surface area (Å²) in [6, 6.07) is 2.62. The van der Waals surface area contributed by atoms with Crippen LogP contribution < -0.4 is 20.1 Å². The molecule has 0 unspecified atom stereocenters. The molecule has 3 N–H and O–H groups in total. The van der Waals surface area contributed by atoms with Crippen LogP contribution in [0.25, 0.3) is 10.9 Å². The number of aryl methyl sites for hydroxylation is 2. The monoisotopic (exact) mass is 767 g/mol. The predicted molar refractivity (Wildman–Crippen MR) is 197 cm³/mol. The summed E-state index contributed by atoms with van der Waals surface area (Å²) in [6.07, 6.45) is 8.14. The third-order valence-corrected chi connectivity index (χ3v) is 13.8. The number of allylic oxidation sites excluding steroid dienone is 1. The number of nitrogens with one attached hydrogen (secondary N) is 3. The molecule has 1 spiro atoms. The molecule has 54 heavy (non-hydrogen) atoms. The van der Waals surface area contributed by atoms with Crippen LogP contribution in [0.3, 0.4) is 0 Å². The Kier molecular flexibility index (Phi) is 9.50. The number of halogens is 1. The van der Waals surface area contributed by atoms with Gasteiger partial charge in [-0.3, -0.25) is 19.1 Å². The van der Waals surface area contributed by atoms with Crippen LogP contribution in [0.1, 0.15) is 103 Å². The minimum absolute atomic E-state index is 0.00819. The van der Waals surface area contributed by atoms with Crippen molar-refractivity contribution < 1.29 is 41.5 Å². The van der Waals surface area contributed by atoms with Gasteiger partial charge in [0.1, 0.15) is 45.9 Å². The van der Waals surface area contributed by atoms with E-state index in [-0.39, 0.29) is 24.9 Å². The molecule has 4 heterocycles. The van der Waals surface area contributed by atoms with Crippen LogP contribution in [-0.4, -0.2) is 82.2 Å². The number of para-hydroxylation sites is 1. The van der Waals surface area contributed by atoms with Crippen molar-refractivity contribution >= 4 is 44.7 Å². The number of ether oxygens (including phenoxy) is 2. The second kappa shape index (κ2) is 13.5. The Hall–Kier alpha value is -4.27. The number of alkyl carbamates (subject to hydrolysis) is 1. The minimum Gasteiger partial charge on any atom is -0.483 e. The molecule has 292 valence electrons. The number of pyridine rings is 1. The molecule has 1 aromatic heterocycles. The number of fused-ring (bicyclic) bond motifs is 5. The first kappa shape index (κ1) is 38.0. The van der Waals surface area contributed by atoms with E-state index in [1.807, 2.05) is 12.2 Å². The SMILES string of the molecule is Cc1nc2c(F)cccc2c2c1O[C@]1(CC2)C[C@H]2C(=O)N[C@]3(C(=O)NS(=O)(=O)C4(C)CC4)C[C@H]3/C=C\CCCCC[C@H](NC(=O)OC(C)(C)C)C(=O)N2C1. The van der Waals surface area contributed by atoms with Crippen LogP contribution in [0.5, 0.6) is 5.75 Å². The van der Waals surface area contributed by atoms with Crippen LogP contribution in [-0.2, 0) is 35.6 Å². The number of nitrogens with zero attached hydrogens (tertiary/aromatic N) is 2. The Morgan fingerprint density at radius 3 is 2.59 bits per heavy atom. The van der Waals surface area contributed by atoms with Gasteiger partial charge in [0.15, 0.2) is 0 Å². The van der Waals surface area contributed by atoms with Crippen molar-refractivity contribution in [3.8, 4) is 5.75 Å². The fraction of sp³-hybridized carbons (Fsp3) is 0.615. The maximum atomic E-state index is 14.8. The first-order chi connectivity index (χ1) is 25.4. The fourth-order valence-corrected chi connectivity index (χ4v) is 9.44. The quantitative estimate of drug-likeness (QED) is 0.375. The molecule has 1 aromatic carbocycles. The number of sulfonamides is 1. The van der Waals surface area contributed by atoms with Crippen molar-refractivity contribution in [2.45, 2.75) is 139 Å². The molecule has 0 bridgehead atoms. The summed E-state index contributed by atoms with van der Waals surface area (Å²) in [5.41, 5.74) is -1.90. The molecule has 2 aliphatic carbocycles. The lowest BCUT2D eigenvalue weighted by molar-refractivity contribution is -0.141. The lowest BCUT2D eigenvalue weighted by Crippen LogP contribution is -2.58. The van der Waals surface area contributed by atoms with Gasteiger partial charge in [-0.15, -0.1) is 0 Å². The van der Waals surface area contributed by atoms with Crippen molar-refractivity contribution in [3.05, 3.63) is 47.4 Å². The fourth-order valence-electron chi connectivity index (χ4n) is 8.13. The Labute approximate surface area is 315 Å². The van der Waals surface area contributed by atoms with Gasteiger partial charge in [-0.2, -0.15) is 0 Å². The molecule has 2 saturated carbocycles. The highest BCUT2D eigenvalue weighted by Crippen LogP contribution is 2.49. The zero-order chi connectivity index (χ0) is 38.8. The second-order valence-electron chi connectivity index (χ2n) is 17.0. The van der Waals surface area contributed by atoms with Gasteiger partial charge < -0.3 is 25.0 Å². The Balaban J connectivity index is 1.24. The highest BCUT2D eigenvalue weighted by atomic mass is 32.2. The third kappa shape index (κ3) is 7.15. The third-order valence-electron chi connectivity index (χ3n) is 11.6. The maximum Gasteiger partial charge on any atom is 0.408 e. The first-order valence-electron chi connectivity index (χ1n) is 19.0. The van der Waals surface area contributed by atoms with Gasteiger partial charge in [-0.05, 0) is 92.1 Å². The van der Waals surface area contributed by atoms with E-state index in [1.165, 1.54) is 11.0 Å². The molecular weight excluding hydrogens is 718 g/mol. The normalized spacial score (nSPS) is 30.0. The molecule has 2 aromatic rings. The Morgan fingerprint density at radius 1 is 1.11 bits per heavy atom. The maximum absolute atomic E-state index is 14.8. The van der Waals surface area contributed by atoms with Crippen LogP contribution in [0.15, 0.2) is 30.4 Å². The zero-order valence-corrected chi connectivity index (χ0v) is 32.4. The van der Waals surface area contributed by atoms with Gasteiger partial charge in [0.05, 0.1) is 17.0 Å². The van der Waals surface area contributed by atoms with E-state index in [0.29, 0.717) is 61.8 Å². The number of hydrogen-bond donors (Lipinski definition) is 3. The number of hydrogen-bond acceptors (Lipinski definition) is 9. The standard InChI is InChI=1S/C39H50FN5O8S/c1-23-31-26(25-13-11-14-27(40)30(25)41-23)16-17-38(52-31)21-29-32(46)43-39(34(48)44-54(50,51)37(5)18-19-37)20-24(39)12-9-7-6-8-10-15-28(33(47)45(29)22-38)42-35(49)53-36(2,3)4/h9,11-14,24,28-29H,6-8,10,15-22H2,1-5H3,(H,42,49)(H,43,46)(H,44,48)/b12-9-/t24-,28+,29+,38-,39-/m1/s1. The smallest absolute Gasteiger partial charge is 0.408 e. The van der Waals surface area contributed by atoms with Gasteiger partial charge in [0.2, 0.25) is 21.8 Å². The summed E-state index contributed by atoms with van der Waals surface area (Å²) < 4.78 is 54.6. The summed E-state index contributed by atoms with van der Waals surface area (Å²) in [6.45, 7) is 8.48. The molecule has 3 aliphatic heterocycles. The predicted octanol–water partition coefficient (Wildman–Crippen LogP) is 4.63. The summed E-state index contributed by atoms with van der Waals surface area (Å²) in [5.74, 6) is -2.35. The molecule has 1 saturated heterocycles. The largest absolute Gasteiger partial charge is 0.483 e. The molecule has 7 rings (SSSR count). The van der Waals surface area contributed by atoms with Crippen molar-refractivity contribution in [1.29, 1.82) is 0 Å². The van der Waals surface area contributed by atoms with Gasteiger partial charge in [0.25, 0.3) is 5.91 Å². The summed E-state index contributed by atoms with van der Waals surface area (Å²) >= 11 is 0. The first-order valence-corrected chi connectivity index (χ1v) is 20.5. The average Bonchev–Trinajstić information content (AvgIpc) is 3.98. The molecular formula is C39H50FN5O8S. The molecule has 0 radical (unpaired) electrons. The molecule has 5 aliphatic rings. The molecule has 4 amide bonds. The van der Waals surface area contributed by atoms with Crippen molar-refractivity contribution in [2.75, 3.05) is 6.54 Å². The van der Waals surface area contributed by atoms with E-state index < -0.39 is 79.1 Å².